The minimum atomic E-state index is -0.730. The molecule has 0 aromatic carbocycles. The van der Waals surface area contributed by atoms with E-state index in [9.17, 15) is 4.79 Å². The van der Waals surface area contributed by atoms with Gasteiger partial charge in [0.25, 0.3) is 5.82 Å². The van der Waals surface area contributed by atoms with Crippen molar-refractivity contribution in [1.29, 1.82) is 0 Å². The maximum absolute atomic E-state index is 10.4. The van der Waals surface area contributed by atoms with Crippen LogP contribution in [-0.2, 0) is 4.18 Å². The van der Waals surface area contributed by atoms with Crippen LogP contribution in [0.2, 0.25) is 0 Å². The van der Waals surface area contributed by atoms with Gasteiger partial charge in [0.2, 0.25) is 0 Å². The van der Waals surface area contributed by atoms with Crippen LogP contribution in [0.15, 0.2) is 0 Å². The summed E-state index contributed by atoms with van der Waals surface area (Å²) in [7, 11) is 0. The molecule has 0 unspecified atom stereocenters. The van der Waals surface area contributed by atoms with Crippen molar-refractivity contribution in [2.45, 2.75) is 0 Å². The topological polar surface area (TPSA) is 80.8 Å². The minimum absolute atomic E-state index is 0.134. The summed E-state index contributed by atoms with van der Waals surface area (Å²) < 4.78 is 3.97. The zero-order valence-electron chi connectivity index (χ0n) is 4.11. The van der Waals surface area contributed by atoms with Crippen LogP contribution in [0.5, 0.6) is 0 Å². The van der Waals surface area contributed by atoms with Gasteiger partial charge in [-0.3, -0.25) is 0 Å². The third-order valence-electron chi connectivity index (χ3n) is 0.611. The zero-order chi connectivity index (χ0) is 6.69. The van der Waals surface area contributed by atoms with E-state index in [1.54, 1.807) is 0 Å². The Bertz CT molecular complexity index is 196. The molecule has 0 radical (unpaired) electrons. The number of carbonyl (C=O) groups excluding carboxylic acids is 1. The van der Waals surface area contributed by atoms with Gasteiger partial charge in [-0.25, -0.2) is 4.79 Å². The summed E-state index contributed by atoms with van der Waals surface area (Å²) in [6.07, 6.45) is 0. The molecule has 0 saturated carbocycles. The van der Waals surface area contributed by atoms with Crippen molar-refractivity contribution in [3.8, 4) is 0 Å². The van der Waals surface area contributed by atoms with Gasteiger partial charge < -0.3 is 4.18 Å². The van der Waals surface area contributed by atoms with Crippen LogP contribution in [0.1, 0.15) is 10.6 Å². The van der Waals surface area contributed by atoms with Crippen LogP contribution in [0.25, 0.3) is 0 Å². The third-order valence-corrected chi connectivity index (χ3v) is 0.777. The summed E-state index contributed by atoms with van der Waals surface area (Å²) >= 11 is 3.23. The molecular weight excluding hydrogens is 144 g/mol. The molecule has 1 heterocycles. The lowest BCUT2D eigenvalue weighted by atomic mass is 10.7. The Balaban J connectivity index is 2.77. The highest BCUT2D eigenvalue weighted by atomic mass is 32.1. The van der Waals surface area contributed by atoms with E-state index in [-0.39, 0.29) is 5.82 Å². The summed E-state index contributed by atoms with van der Waals surface area (Å²) in [6.45, 7) is 0. The summed E-state index contributed by atoms with van der Waals surface area (Å²) in [6, 6.07) is 0. The monoisotopic (exact) mass is 146 g/mol. The number of H-pyrrole nitrogens is 1. The molecular formula is C2H2N4O2S. The molecule has 0 aliphatic carbocycles. The molecule has 1 rings (SSSR count). The second-order valence-corrected chi connectivity index (χ2v) is 1.30. The van der Waals surface area contributed by atoms with Crippen molar-refractivity contribution in [1.82, 2.24) is 20.6 Å². The van der Waals surface area contributed by atoms with Crippen molar-refractivity contribution in [2.75, 3.05) is 0 Å². The molecule has 48 valence electrons. The second-order valence-electron chi connectivity index (χ2n) is 1.11. The summed E-state index contributed by atoms with van der Waals surface area (Å²) in [5, 5.41) is 11.8. The predicted molar refractivity (Wildman–Crippen MR) is 28.6 cm³/mol. The van der Waals surface area contributed by atoms with Crippen LogP contribution in [-0.4, -0.2) is 26.6 Å². The lowest BCUT2D eigenvalue weighted by molar-refractivity contribution is 0.0760. The van der Waals surface area contributed by atoms with Gasteiger partial charge in [-0.1, -0.05) is 0 Å². The Labute approximate surface area is 55.2 Å². The van der Waals surface area contributed by atoms with E-state index in [0.29, 0.717) is 0 Å². The molecule has 1 aromatic rings. The Morgan fingerprint density at radius 1 is 1.78 bits per heavy atom. The van der Waals surface area contributed by atoms with Crippen LogP contribution in [0, 0.1) is 0 Å². The van der Waals surface area contributed by atoms with Crippen molar-refractivity contribution in [3.05, 3.63) is 5.82 Å². The number of aromatic nitrogens is 4. The lowest BCUT2D eigenvalue weighted by Crippen LogP contribution is -2.00. The Morgan fingerprint density at radius 2 is 2.56 bits per heavy atom. The average Bonchev–Trinajstić information content (AvgIpc) is 2.37. The van der Waals surface area contributed by atoms with Gasteiger partial charge in [0.05, 0.1) is 0 Å². The van der Waals surface area contributed by atoms with Crippen molar-refractivity contribution in [2.24, 2.45) is 0 Å². The predicted octanol–water partition coefficient (Wildman–Crippen LogP) is -0.799. The normalized spacial score (nSPS) is 9.00. The van der Waals surface area contributed by atoms with E-state index in [2.05, 4.69) is 37.7 Å². The molecule has 0 fully saturated rings. The number of aromatic amines is 1. The number of nitrogens with one attached hydrogen (secondary N) is 1. The molecule has 9 heavy (non-hydrogen) atoms. The van der Waals surface area contributed by atoms with Crippen molar-refractivity contribution >= 4 is 18.9 Å². The number of tetrazole rings is 1. The standard InChI is InChI=1S/C2H2N4O2S/c7-2(8-9)1-3-5-6-4-1/h9H,(H,3,4,5,6). The van der Waals surface area contributed by atoms with Gasteiger partial charge in [-0.2, -0.15) is 5.21 Å². The van der Waals surface area contributed by atoms with Crippen molar-refractivity contribution in [3.63, 3.8) is 0 Å². The largest absolute Gasteiger partial charge is 0.391 e. The van der Waals surface area contributed by atoms with E-state index in [4.69, 9.17) is 0 Å². The molecule has 0 amide bonds. The quantitative estimate of drug-likeness (QED) is 0.400. The first-order valence-electron chi connectivity index (χ1n) is 1.94. The van der Waals surface area contributed by atoms with E-state index < -0.39 is 5.97 Å². The molecule has 7 heteroatoms. The van der Waals surface area contributed by atoms with Crippen molar-refractivity contribution < 1.29 is 8.98 Å². The van der Waals surface area contributed by atoms with Gasteiger partial charge in [-0.05, 0) is 5.21 Å². The molecule has 0 spiro atoms. The Hall–Kier alpha value is -1.11. The molecule has 0 saturated heterocycles. The first-order valence-corrected chi connectivity index (χ1v) is 2.30. The molecule has 0 aliphatic rings. The van der Waals surface area contributed by atoms with Crippen LogP contribution in [0.3, 0.4) is 0 Å². The third kappa shape index (κ3) is 1.17. The highest BCUT2D eigenvalue weighted by Gasteiger charge is 2.09. The molecule has 0 aliphatic heterocycles. The SMILES string of the molecule is O=C(OS)c1nn[nH]n1. The van der Waals surface area contributed by atoms with Gasteiger partial charge in [0.15, 0.2) is 0 Å². The minimum Gasteiger partial charge on any atom is -0.389 e. The smallest absolute Gasteiger partial charge is 0.389 e. The summed E-state index contributed by atoms with van der Waals surface area (Å²) in [5.74, 6) is -0.864. The maximum Gasteiger partial charge on any atom is 0.391 e. The molecule has 6 nitrogen and oxygen atoms in total. The molecule has 0 bridgehead atoms. The number of thiol groups is 1. The fourth-order valence-electron chi connectivity index (χ4n) is 0.289. The molecule has 0 atom stereocenters. The molecule has 1 aromatic heterocycles. The van der Waals surface area contributed by atoms with Crippen LogP contribution >= 0.6 is 12.9 Å². The average molecular weight is 146 g/mol. The van der Waals surface area contributed by atoms with Crippen LogP contribution < -0.4 is 0 Å². The van der Waals surface area contributed by atoms with Gasteiger partial charge in [0, 0.05) is 12.9 Å². The number of hydrogen-bond acceptors (Lipinski definition) is 6. The number of carbonyl (C=O) groups is 1. The van der Waals surface area contributed by atoms with E-state index in [1.165, 1.54) is 0 Å². The Kier molecular flexibility index (Phi) is 1.63. The number of nitrogens with zero attached hydrogens (tertiary/aromatic N) is 3. The number of rotatable bonds is 1. The first kappa shape index (κ1) is 6.02. The fraction of sp³-hybridized carbons (Fsp3) is 0. The van der Waals surface area contributed by atoms with E-state index in [0.717, 1.165) is 0 Å². The first-order chi connectivity index (χ1) is 4.34. The maximum atomic E-state index is 10.4. The zero-order valence-corrected chi connectivity index (χ0v) is 5.00. The summed E-state index contributed by atoms with van der Waals surface area (Å²) in [5.41, 5.74) is 0. The van der Waals surface area contributed by atoms with Gasteiger partial charge >= 0.3 is 5.97 Å². The van der Waals surface area contributed by atoms with Gasteiger partial charge in [-0.15, -0.1) is 10.2 Å². The second kappa shape index (κ2) is 2.44. The van der Waals surface area contributed by atoms with Gasteiger partial charge in [0.1, 0.15) is 0 Å². The lowest BCUT2D eigenvalue weighted by Gasteiger charge is -1.84. The Morgan fingerprint density at radius 3 is 3.00 bits per heavy atom. The van der Waals surface area contributed by atoms with E-state index in [1.807, 2.05) is 0 Å². The fourth-order valence-corrected chi connectivity index (χ4v) is 0.371. The number of hydrogen-bond donors (Lipinski definition) is 2. The molecule has 1 N–H and O–H groups in total. The van der Waals surface area contributed by atoms with E-state index >= 15 is 0 Å². The highest BCUT2D eigenvalue weighted by molar-refractivity contribution is 7.75. The van der Waals surface area contributed by atoms with Crippen LogP contribution in [0.4, 0.5) is 0 Å². The highest BCUT2D eigenvalue weighted by Crippen LogP contribution is 1.89. The summed E-state index contributed by atoms with van der Waals surface area (Å²) in [4.78, 5) is 10.4.